The maximum Gasteiger partial charge on any atom is 0.344 e. The van der Waals surface area contributed by atoms with Gasteiger partial charge in [0.05, 0.1) is 27.6 Å². The molecule has 1 aliphatic rings. The summed E-state index contributed by atoms with van der Waals surface area (Å²) < 4.78 is 28.6. The predicted octanol–water partition coefficient (Wildman–Crippen LogP) is 33.8. The first-order valence-corrected chi connectivity index (χ1v) is 52.0. The molecule has 0 N–H and O–H groups in total. The number of benzene rings is 13. The molecule has 5 aromatic heterocycles. The fraction of sp³-hybridized carbons (Fsp3) is 0.305. The van der Waals surface area contributed by atoms with E-state index in [1.165, 1.54) is 127 Å². The molecule has 0 saturated heterocycles. The molecular formula is C131H142O10. The summed E-state index contributed by atoms with van der Waals surface area (Å²) in [4.78, 5) is 62.3. The van der Waals surface area contributed by atoms with Crippen molar-refractivity contribution in [1.82, 2.24) is 0 Å². The van der Waals surface area contributed by atoms with Crippen LogP contribution in [0.5, 0.6) is 0 Å². The highest BCUT2D eigenvalue weighted by atomic mass is 16.4. The van der Waals surface area contributed by atoms with E-state index >= 15 is 0 Å². The Morgan fingerprint density at radius 1 is 0.241 bits per heavy atom. The Balaban J connectivity index is 0.000000143. The largest absolute Gasteiger partial charge is 0.456 e. The minimum atomic E-state index is -0.279. The van der Waals surface area contributed by atoms with Crippen molar-refractivity contribution in [2.75, 3.05) is 0 Å². The fourth-order valence-corrected chi connectivity index (χ4v) is 19.7. The minimum Gasteiger partial charge on any atom is -0.456 e. The van der Waals surface area contributed by atoms with Gasteiger partial charge in [0, 0.05) is 34.6 Å². The molecule has 5 heterocycles. The second-order valence-electron chi connectivity index (χ2n) is 37.5. The smallest absolute Gasteiger partial charge is 0.344 e. The molecule has 1 fully saturated rings. The summed E-state index contributed by atoms with van der Waals surface area (Å²) >= 11 is 0. The Morgan fingerprint density at radius 3 is 1.21 bits per heavy atom. The molecule has 0 aliphatic heterocycles. The lowest BCUT2D eigenvalue weighted by atomic mass is 9.77. The van der Waals surface area contributed by atoms with Gasteiger partial charge in [0.1, 0.15) is 33.7 Å². The van der Waals surface area contributed by atoms with E-state index in [-0.39, 0.29) is 29.4 Å². The second-order valence-corrected chi connectivity index (χ2v) is 37.5. The van der Waals surface area contributed by atoms with Crippen LogP contribution in [0.25, 0.3) is 133 Å². The van der Waals surface area contributed by atoms with Crippen molar-refractivity contribution in [3.05, 3.63) is 419 Å². The van der Waals surface area contributed by atoms with E-state index in [9.17, 15) is 24.0 Å². The summed E-state index contributed by atoms with van der Waals surface area (Å²) in [5, 5.41) is 7.02. The van der Waals surface area contributed by atoms with E-state index in [0.29, 0.717) is 50.1 Å². The minimum absolute atomic E-state index is 0. The molecule has 0 atom stereocenters. The van der Waals surface area contributed by atoms with E-state index in [1.54, 1.807) is 11.6 Å². The maximum atomic E-state index is 12.7. The van der Waals surface area contributed by atoms with Crippen LogP contribution in [0.15, 0.2) is 313 Å². The lowest BCUT2D eigenvalue weighted by Crippen LogP contribution is -2.12. The molecule has 1 aliphatic carbocycles. The summed E-state index contributed by atoms with van der Waals surface area (Å²) in [6, 6.07) is 91.4. The average molecular weight is 1880 g/mol. The van der Waals surface area contributed by atoms with Gasteiger partial charge in [0.15, 0.2) is 5.43 Å². The first-order chi connectivity index (χ1) is 68.4. The fourth-order valence-electron chi connectivity index (χ4n) is 19.7. The monoisotopic (exact) mass is 1880 g/mol. The highest BCUT2D eigenvalue weighted by Crippen LogP contribution is 2.40. The standard InChI is InChI=1S/C25H24O2.C24H32.3C21H22O2.C19H18O2.H2/c1-4-16-7-8-20-13-21(10-9-19(20)11-16)23-14-22-12-17(5-2)18(6-3)15-24(22)27-25(23)26;1-5-19-7-9-21(10-8-19)22-11-13-23(14-12-22)24-16-15-20(6-2)17(3)18(24)4;1-4-14-7-9-17(10-8-14)19-13-18-16(6-3)11-15(5-2)12-20(18)23-21(19)22;1-4-14-7-9-17(10-8-14)19-13-18-12-15(5-2)11-16(6-3)20(18)23-21(19)22;1-4-14-7-9-16(10-8-14)19-13-17-12-11-15(5-2)18(6-3)20(17)23-21(19)22;1-3-13-5-8-15(9-6-13)19-12-17(20)16-11-14(4-2)7-10-18(16)21-19;/h7-15H,4-6H2,1-3H3;11-16,19,21H,5-10H2,1-4H3;3*7-13H,4-6H2,1-3H3;5-12H,3-4H2,1-2H3;1H. The summed E-state index contributed by atoms with van der Waals surface area (Å²) in [6.07, 6.45) is 21.4. The van der Waals surface area contributed by atoms with Gasteiger partial charge in [0.2, 0.25) is 0 Å². The highest BCUT2D eigenvalue weighted by molar-refractivity contribution is 5.92. The molecule has 13 aromatic carbocycles. The SMILES string of the molecule is CCc1ccc(-c2cc(=O)c3cc(CC)ccc3o2)cc1.CCc1ccc(-c2cc3c(CC)cc(CC)cc3oc2=O)cc1.CCc1ccc(-c2cc3cc(CC)cc(CC)c3oc2=O)cc1.CCc1ccc(-c2cc3ccc(CC)c(CC)c3oc2=O)cc1.CCc1ccc(-c2ccc(C3CCC(CC)CC3)cc2)c(C)c1C.CCc1ccc2cc(-c3cc4cc(CC)c(CC)cc4oc3=O)ccc2c1.[HH]. The van der Waals surface area contributed by atoms with Gasteiger partial charge in [-0.15, -0.1) is 0 Å². The highest BCUT2D eigenvalue weighted by Gasteiger charge is 2.24. The number of rotatable bonds is 23. The molecule has 0 bridgehead atoms. The zero-order chi connectivity index (χ0) is 100. The summed E-state index contributed by atoms with van der Waals surface area (Å²) in [6.45, 7) is 38.8. The third-order valence-electron chi connectivity index (χ3n) is 29.1. The van der Waals surface area contributed by atoms with Crippen molar-refractivity contribution in [2.24, 2.45) is 5.92 Å². The van der Waals surface area contributed by atoms with Crippen molar-refractivity contribution in [3.8, 4) is 67.0 Å². The summed E-state index contributed by atoms with van der Waals surface area (Å²) in [5.74, 6) is 2.38. The zero-order valence-electron chi connectivity index (χ0n) is 86.3. The first-order valence-electron chi connectivity index (χ1n) is 52.0. The Morgan fingerprint density at radius 2 is 0.660 bits per heavy atom. The molecule has 141 heavy (non-hydrogen) atoms. The van der Waals surface area contributed by atoms with Crippen molar-refractivity contribution < 1.29 is 23.5 Å². The van der Waals surface area contributed by atoms with Gasteiger partial charge in [-0.1, -0.05) is 311 Å². The van der Waals surface area contributed by atoms with Gasteiger partial charge >= 0.3 is 22.5 Å². The first kappa shape index (κ1) is 103. The van der Waals surface area contributed by atoms with Gasteiger partial charge in [-0.2, -0.15) is 0 Å². The molecule has 18 aromatic rings. The Hall–Kier alpha value is -13.8. The molecule has 0 amide bonds. The lowest BCUT2D eigenvalue weighted by molar-refractivity contribution is 0.319. The Labute approximate surface area is 834 Å². The normalized spacial score (nSPS) is 12.8. The van der Waals surface area contributed by atoms with Crippen molar-refractivity contribution in [2.45, 2.75) is 259 Å². The number of fused-ring (bicyclic) bond motifs is 6. The number of aryl methyl sites for hydroxylation is 15. The Kier molecular flexibility index (Phi) is 35.3. The predicted molar refractivity (Wildman–Crippen MR) is 596 cm³/mol. The van der Waals surface area contributed by atoms with Crippen LogP contribution in [0, 0.1) is 19.8 Å². The van der Waals surface area contributed by atoms with E-state index in [0.717, 1.165) is 191 Å². The zero-order valence-corrected chi connectivity index (χ0v) is 86.3. The topological polar surface area (TPSA) is 151 Å². The van der Waals surface area contributed by atoms with Gasteiger partial charge in [-0.3, -0.25) is 4.79 Å². The van der Waals surface area contributed by atoms with Crippen molar-refractivity contribution >= 4 is 65.6 Å². The van der Waals surface area contributed by atoms with Crippen molar-refractivity contribution in [3.63, 3.8) is 0 Å². The number of hydrogen-bond donors (Lipinski definition) is 0. The van der Waals surface area contributed by atoms with Crippen LogP contribution in [-0.2, 0) is 96.3 Å². The van der Waals surface area contributed by atoms with Crippen LogP contribution in [0.3, 0.4) is 0 Å². The van der Waals surface area contributed by atoms with Crippen molar-refractivity contribution in [1.29, 1.82) is 0 Å². The van der Waals surface area contributed by atoms with Crippen LogP contribution in [-0.4, -0.2) is 0 Å². The Bertz CT molecular complexity index is 7730. The second kappa shape index (κ2) is 48.4. The lowest BCUT2D eigenvalue weighted by Gasteiger charge is -2.28. The van der Waals surface area contributed by atoms with Crippen LogP contribution in [0.4, 0.5) is 0 Å². The van der Waals surface area contributed by atoms with Gasteiger partial charge < -0.3 is 22.1 Å². The van der Waals surface area contributed by atoms with E-state index in [4.69, 9.17) is 22.1 Å². The third kappa shape index (κ3) is 24.3. The molecule has 726 valence electrons. The average Bonchev–Trinajstić information content (AvgIpc) is 0.793. The van der Waals surface area contributed by atoms with Crippen LogP contribution in [0.2, 0.25) is 0 Å². The molecule has 0 radical (unpaired) electrons. The van der Waals surface area contributed by atoms with Crippen LogP contribution >= 0.6 is 0 Å². The number of hydrogen-bond acceptors (Lipinski definition) is 10. The maximum absolute atomic E-state index is 12.7. The van der Waals surface area contributed by atoms with Gasteiger partial charge in [-0.25, -0.2) is 19.2 Å². The summed E-state index contributed by atoms with van der Waals surface area (Å²) in [5.41, 5.74) is 35.5. The van der Waals surface area contributed by atoms with E-state index in [1.807, 2.05) is 109 Å². The van der Waals surface area contributed by atoms with Crippen LogP contribution < -0.4 is 27.9 Å². The molecule has 10 nitrogen and oxygen atoms in total. The quantitative estimate of drug-likeness (QED) is 0.0566. The van der Waals surface area contributed by atoms with E-state index < -0.39 is 0 Å². The molecule has 19 rings (SSSR count). The molecule has 10 heteroatoms. The molecule has 0 unspecified atom stereocenters. The van der Waals surface area contributed by atoms with Gasteiger partial charge in [-0.05, 0) is 359 Å². The third-order valence-corrected chi connectivity index (χ3v) is 29.1. The van der Waals surface area contributed by atoms with Crippen LogP contribution in [0.1, 0.15) is 250 Å². The molecule has 1 saturated carbocycles. The molecular weight excluding hydrogens is 1730 g/mol. The van der Waals surface area contributed by atoms with E-state index in [2.05, 4.69) is 276 Å². The molecule has 0 spiro atoms. The summed E-state index contributed by atoms with van der Waals surface area (Å²) in [7, 11) is 0. The van der Waals surface area contributed by atoms with Gasteiger partial charge in [0.25, 0.3) is 0 Å².